The Morgan fingerprint density at radius 3 is 2.52 bits per heavy atom. The minimum Gasteiger partial charge on any atom is -0.471 e. The normalized spacial score (nSPS) is 18.2. The van der Waals surface area contributed by atoms with Crippen LogP contribution in [0.4, 0.5) is 17.6 Å². The number of nitrogens with zero attached hydrogens (tertiary/aromatic N) is 3. The van der Waals surface area contributed by atoms with E-state index in [1.165, 1.54) is 10.6 Å². The highest BCUT2D eigenvalue weighted by Gasteiger charge is 2.34. The number of benzene rings is 1. The summed E-state index contributed by atoms with van der Waals surface area (Å²) in [5.74, 6) is -1.32. The summed E-state index contributed by atoms with van der Waals surface area (Å²) in [6.07, 6.45) is -3.16. The Kier molecular flexibility index (Phi) is 6.08. The number of sulfonamides is 1. The number of alkyl halides is 3. The molecule has 29 heavy (non-hydrogen) atoms. The zero-order valence-electron chi connectivity index (χ0n) is 15.5. The number of aryl methyl sites for hydroxylation is 1. The average molecular weight is 433 g/mol. The summed E-state index contributed by atoms with van der Waals surface area (Å²) in [6, 6.07) is 3.99. The van der Waals surface area contributed by atoms with E-state index < -0.39 is 39.4 Å². The molecule has 1 fully saturated rings. The lowest BCUT2D eigenvalue weighted by molar-refractivity contribution is -0.137. The van der Waals surface area contributed by atoms with Crippen molar-refractivity contribution in [1.29, 1.82) is 0 Å². The van der Waals surface area contributed by atoms with Gasteiger partial charge in [0.2, 0.25) is 15.8 Å². The molecule has 0 amide bonds. The van der Waals surface area contributed by atoms with Gasteiger partial charge in [-0.05, 0) is 30.5 Å². The summed E-state index contributed by atoms with van der Waals surface area (Å²) in [4.78, 5) is 7.58. The van der Waals surface area contributed by atoms with Crippen molar-refractivity contribution in [2.75, 3.05) is 13.1 Å². The number of aromatic nitrogens is 2. The lowest BCUT2D eigenvalue weighted by atomic mass is 10.1. The van der Waals surface area contributed by atoms with Crippen molar-refractivity contribution in [2.24, 2.45) is 0 Å². The standard InChI is InChI=1S/C18H19F4N3O3S/c1-2-15-16(19)17(24-11-23-15)28-14-7-8-25(9-14)29(26,27)10-12-3-5-13(6-4-12)18(20,21)22/h3-6,11,14H,2,7-10H2,1H3/t14-/m0/s1. The smallest absolute Gasteiger partial charge is 0.416 e. The van der Waals surface area contributed by atoms with E-state index in [1.807, 2.05) is 0 Å². The molecule has 1 aromatic carbocycles. The molecule has 158 valence electrons. The third-order valence-corrected chi connectivity index (χ3v) is 6.39. The number of ether oxygens (including phenoxy) is 1. The van der Waals surface area contributed by atoms with Gasteiger partial charge in [-0.3, -0.25) is 0 Å². The van der Waals surface area contributed by atoms with E-state index in [0.717, 1.165) is 24.3 Å². The minimum absolute atomic E-state index is 0.00781. The molecule has 11 heteroatoms. The van der Waals surface area contributed by atoms with Gasteiger partial charge in [0.05, 0.1) is 23.6 Å². The van der Waals surface area contributed by atoms with Gasteiger partial charge in [0.1, 0.15) is 12.4 Å². The minimum atomic E-state index is -4.48. The van der Waals surface area contributed by atoms with Crippen LogP contribution in [0.1, 0.15) is 30.2 Å². The fourth-order valence-electron chi connectivity index (χ4n) is 3.01. The molecule has 0 spiro atoms. The van der Waals surface area contributed by atoms with E-state index in [1.54, 1.807) is 6.92 Å². The fraction of sp³-hybridized carbons (Fsp3) is 0.444. The van der Waals surface area contributed by atoms with Crippen LogP contribution >= 0.6 is 0 Å². The van der Waals surface area contributed by atoms with Crippen LogP contribution in [0, 0.1) is 5.82 Å². The van der Waals surface area contributed by atoms with Gasteiger partial charge in [-0.15, -0.1) is 0 Å². The second-order valence-electron chi connectivity index (χ2n) is 6.63. The largest absolute Gasteiger partial charge is 0.471 e. The molecular formula is C18H19F4N3O3S. The van der Waals surface area contributed by atoms with Crippen LogP contribution in [0.15, 0.2) is 30.6 Å². The average Bonchev–Trinajstić information content (AvgIpc) is 3.12. The molecule has 1 aliphatic rings. The summed E-state index contributed by atoms with van der Waals surface area (Å²) in [5.41, 5.74) is -0.386. The van der Waals surface area contributed by atoms with Gasteiger partial charge in [0.25, 0.3) is 5.88 Å². The highest BCUT2D eigenvalue weighted by atomic mass is 32.2. The second kappa shape index (κ2) is 8.23. The Labute approximate surface area is 165 Å². The summed E-state index contributed by atoms with van der Waals surface area (Å²) in [5, 5.41) is 0. The second-order valence-corrected chi connectivity index (χ2v) is 8.60. The highest BCUT2D eigenvalue weighted by molar-refractivity contribution is 7.88. The Bertz CT molecular complexity index is 965. The van der Waals surface area contributed by atoms with E-state index in [2.05, 4.69) is 9.97 Å². The molecule has 0 aliphatic carbocycles. The van der Waals surface area contributed by atoms with Crippen LogP contribution in [-0.4, -0.2) is 41.9 Å². The zero-order chi connectivity index (χ0) is 21.2. The highest BCUT2D eigenvalue weighted by Crippen LogP contribution is 2.30. The SMILES string of the molecule is CCc1ncnc(O[C@H]2CCN(S(=O)(=O)Cc3ccc(C(F)(F)F)cc3)C2)c1F. The van der Waals surface area contributed by atoms with Gasteiger partial charge in [-0.2, -0.15) is 26.9 Å². The summed E-state index contributed by atoms with van der Waals surface area (Å²) >= 11 is 0. The topological polar surface area (TPSA) is 72.4 Å². The predicted octanol–water partition coefficient (Wildman–Crippen LogP) is 3.18. The van der Waals surface area contributed by atoms with Crippen LogP contribution in [0.2, 0.25) is 0 Å². The van der Waals surface area contributed by atoms with Crippen molar-refractivity contribution in [3.8, 4) is 5.88 Å². The monoisotopic (exact) mass is 433 g/mol. The Morgan fingerprint density at radius 1 is 1.21 bits per heavy atom. The summed E-state index contributed by atoms with van der Waals surface area (Å²) in [6.45, 7) is 1.91. The van der Waals surface area contributed by atoms with Crippen molar-refractivity contribution in [1.82, 2.24) is 14.3 Å². The van der Waals surface area contributed by atoms with E-state index >= 15 is 0 Å². The molecule has 0 radical (unpaired) electrons. The van der Waals surface area contributed by atoms with Crippen LogP contribution in [0.3, 0.4) is 0 Å². The number of rotatable bonds is 6. The molecule has 0 saturated carbocycles. The van der Waals surface area contributed by atoms with Gasteiger partial charge >= 0.3 is 6.18 Å². The van der Waals surface area contributed by atoms with Gasteiger partial charge in [-0.25, -0.2) is 13.4 Å². The fourth-order valence-corrected chi connectivity index (χ4v) is 4.59. The molecule has 0 N–H and O–H groups in total. The van der Waals surface area contributed by atoms with Crippen molar-refractivity contribution < 1.29 is 30.7 Å². The molecule has 0 bridgehead atoms. The third kappa shape index (κ3) is 5.02. The predicted molar refractivity (Wildman–Crippen MR) is 96.0 cm³/mol. The van der Waals surface area contributed by atoms with Crippen LogP contribution in [0.25, 0.3) is 0 Å². The van der Waals surface area contributed by atoms with Crippen LogP contribution in [0.5, 0.6) is 5.88 Å². The molecule has 1 aromatic heterocycles. The molecule has 6 nitrogen and oxygen atoms in total. The summed E-state index contributed by atoms with van der Waals surface area (Å²) in [7, 11) is -3.76. The van der Waals surface area contributed by atoms with Crippen LogP contribution < -0.4 is 4.74 Å². The van der Waals surface area contributed by atoms with Gasteiger partial charge in [0.15, 0.2) is 0 Å². The number of halogens is 4. The van der Waals surface area contributed by atoms with E-state index in [9.17, 15) is 26.0 Å². The maximum Gasteiger partial charge on any atom is 0.416 e. The molecule has 2 aromatic rings. The van der Waals surface area contributed by atoms with Gasteiger partial charge < -0.3 is 4.74 Å². The van der Waals surface area contributed by atoms with Gasteiger partial charge in [0, 0.05) is 6.54 Å². The van der Waals surface area contributed by atoms with Crippen molar-refractivity contribution in [3.05, 3.63) is 53.2 Å². The van der Waals surface area contributed by atoms with Crippen molar-refractivity contribution in [2.45, 2.75) is 37.8 Å². The lowest BCUT2D eigenvalue weighted by Gasteiger charge is -2.17. The van der Waals surface area contributed by atoms with E-state index in [4.69, 9.17) is 4.74 Å². The molecule has 3 rings (SSSR count). The zero-order valence-corrected chi connectivity index (χ0v) is 16.3. The maximum atomic E-state index is 14.2. The number of hydrogen-bond donors (Lipinski definition) is 0. The third-order valence-electron chi connectivity index (χ3n) is 4.57. The van der Waals surface area contributed by atoms with Gasteiger partial charge in [-0.1, -0.05) is 19.1 Å². The Balaban J connectivity index is 1.64. The van der Waals surface area contributed by atoms with Crippen molar-refractivity contribution >= 4 is 10.0 Å². The molecule has 0 unspecified atom stereocenters. The Morgan fingerprint density at radius 2 is 1.90 bits per heavy atom. The Hall–Kier alpha value is -2.27. The van der Waals surface area contributed by atoms with Crippen LogP contribution in [-0.2, 0) is 28.4 Å². The molecule has 1 aliphatic heterocycles. The maximum absolute atomic E-state index is 14.2. The first kappa shape index (κ1) is 21.4. The van der Waals surface area contributed by atoms with E-state index in [-0.39, 0.29) is 30.2 Å². The van der Waals surface area contributed by atoms with E-state index in [0.29, 0.717) is 12.8 Å². The first-order valence-electron chi connectivity index (χ1n) is 8.90. The quantitative estimate of drug-likeness (QED) is 0.655. The molecular weight excluding hydrogens is 414 g/mol. The van der Waals surface area contributed by atoms with Crippen molar-refractivity contribution in [3.63, 3.8) is 0 Å². The molecule has 1 atom stereocenters. The first-order chi connectivity index (χ1) is 13.6. The first-order valence-corrected chi connectivity index (χ1v) is 10.5. The lowest BCUT2D eigenvalue weighted by Crippen LogP contribution is -2.32. The molecule has 2 heterocycles. The number of hydrogen-bond acceptors (Lipinski definition) is 5. The molecule has 1 saturated heterocycles. The summed E-state index contributed by atoms with van der Waals surface area (Å²) < 4.78 is 84.0.